The largest absolute Gasteiger partial charge is 0.481 e. The molecule has 0 aliphatic heterocycles. The Bertz CT molecular complexity index is 306. The van der Waals surface area contributed by atoms with Crippen LogP contribution in [0.4, 0.5) is 0 Å². The van der Waals surface area contributed by atoms with E-state index in [1.807, 2.05) is 6.07 Å². The molecule has 0 bridgehead atoms. The number of unbranched alkanes of at least 4 members (excludes halogenated alkanes) is 1. The van der Waals surface area contributed by atoms with E-state index in [1.54, 1.807) is 0 Å². The molecule has 0 saturated carbocycles. The van der Waals surface area contributed by atoms with E-state index >= 15 is 0 Å². The van der Waals surface area contributed by atoms with Gasteiger partial charge in [0.15, 0.2) is 0 Å². The molecule has 1 N–H and O–H groups in total. The van der Waals surface area contributed by atoms with Gasteiger partial charge in [-0.05, 0) is 24.3 Å². The average molecular weight is 220 g/mol. The quantitative estimate of drug-likeness (QED) is 0.714. The molecule has 2 heteroatoms. The Hall–Kier alpha value is -1.31. The Balaban J connectivity index is 2.16. The minimum atomic E-state index is -0.685. The first-order chi connectivity index (χ1) is 7.68. The van der Waals surface area contributed by atoms with Crippen molar-refractivity contribution < 1.29 is 9.90 Å². The van der Waals surface area contributed by atoms with E-state index in [0.717, 1.165) is 25.7 Å². The van der Waals surface area contributed by atoms with Crippen molar-refractivity contribution >= 4 is 5.97 Å². The van der Waals surface area contributed by atoms with Gasteiger partial charge in [0.05, 0.1) is 0 Å². The van der Waals surface area contributed by atoms with Crippen LogP contribution in [0.15, 0.2) is 30.3 Å². The number of carboxylic acids is 1. The Labute approximate surface area is 97.3 Å². The molecule has 0 fully saturated rings. The van der Waals surface area contributed by atoms with Crippen molar-refractivity contribution in [2.75, 3.05) is 0 Å². The first-order valence-electron chi connectivity index (χ1n) is 5.94. The van der Waals surface area contributed by atoms with E-state index < -0.39 is 5.97 Å². The number of benzene rings is 1. The summed E-state index contributed by atoms with van der Waals surface area (Å²) in [5.74, 6) is -0.0492. The van der Waals surface area contributed by atoms with E-state index in [0.29, 0.717) is 12.3 Å². The van der Waals surface area contributed by atoms with Crippen molar-refractivity contribution in [2.45, 2.75) is 39.0 Å². The normalized spacial score (nSPS) is 12.3. The predicted molar refractivity (Wildman–Crippen MR) is 65.4 cm³/mol. The first kappa shape index (κ1) is 12.8. The van der Waals surface area contributed by atoms with Crippen LogP contribution in [0.1, 0.15) is 38.2 Å². The van der Waals surface area contributed by atoms with Gasteiger partial charge in [-0.25, -0.2) is 0 Å². The highest BCUT2D eigenvalue weighted by atomic mass is 16.4. The third-order valence-electron chi connectivity index (χ3n) is 2.76. The molecule has 0 aliphatic carbocycles. The molecule has 16 heavy (non-hydrogen) atoms. The molecule has 0 saturated heterocycles. The fraction of sp³-hybridized carbons (Fsp3) is 0.500. The highest BCUT2D eigenvalue weighted by molar-refractivity contribution is 5.66. The molecule has 1 unspecified atom stereocenters. The van der Waals surface area contributed by atoms with Gasteiger partial charge in [0, 0.05) is 6.42 Å². The van der Waals surface area contributed by atoms with Crippen molar-refractivity contribution in [3.8, 4) is 0 Å². The van der Waals surface area contributed by atoms with E-state index in [2.05, 4.69) is 31.2 Å². The Morgan fingerprint density at radius 1 is 1.25 bits per heavy atom. The summed E-state index contributed by atoms with van der Waals surface area (Å²) in [6, 6.07) is 10.4. The number of rotatable bonds is 7. The molecule has 1 rings (SSSR count). The van der Waals surface area contributed by atoms with Crippen LogP contribution in [0.2, 0.25) is 0 Å². The smallest absolute Gasteiger partial charge is 0.303 e. The molecule has 2 nitrogen and oxygen atoms in total. The molecule has 1 atom stereocenters. The van der Waals surface area contributed by atoms with Crippen molar-refractivity contribution in [1.29, 1.82) is 0 Å². The van der Waals surface area contributed by atoms with Gasteiger partial charge in [-0.15, -0.1) is 0 Å². The van der Waals surface area contributed by atoms with Gasteiger partial charge in [0.2, 0.25) is 0 Å². The second-order valence-electron chi connectivity index (χ2n) is 4.43. The zero-order valence-electron chi connectivity index (χ0n) is 9.86. The maximum absolute atomic E-state index is 10.3. The summed E-state index contributed by atoms with van der Waals surface area (Å²) in [4.78, 5) is 10.3. The van der Waals surface area contributed by atoms with Crippen LogP contribution in [-0.4, -0.2) is 11.1 Å². The van der Waals surface area contributed by atoms with Gasteiger partial charge in [0.25, 0.3) is 0 Å². The van der Waals surface area contributed by atoms with Gasteiger partial charge in [0.1, 0.15) is 0 Å². The number of hydrogen-bond donors (Lipinski definition) is 1. The second kappa shape index (κ2) is 7.04. The predicted octanol–water partition coefficient (Wildman–Crippen LogP) is 3.51. The lowest BCUT2D eigenvalue weighted by Gasteiger charge is -2.10. The third-order valence-corrected chi connectivity index (χ3v) is 2.76. The summed E-state index contributed by atoms with van der Waals surface area (Å²) in [6.45, 7) is 2.23. The summed E-state index contributed by atoms with van der Waals surface area (Å²) in [5, 5.41) is 8.51. The Morgan fingerprint density at radius 3 is 2.56 bits per heavy atom. The SMILES string of the molecule is CC(CCCCC(=O)O)Cc1ccccc1. The maximum atomic E-state index is 10.3. The van der Waals surface area contributed by atoms with Crippen LogP contribution in [0.5, 0.6) is 0 Å². The summed E-state index contributed by atoms with van der Waals surface area (Å²) >= 11 is 0. The molecule has 0 aromatic heterocycles. The average Bonchev–Trinajstić information content (AvgIpc) is 2.25. The van der Waals surface area contributed by atoms with Gasteiger partial charge >= 0.3 is 5.97 Å². The molecule has 1 aromatic rings. The van der Waals surface area contributed by atoms with E-state index in [9.17, 15) is 4.79 Å². The van der Waals surface area contributed by atoms with Crippen molar-refractivity contribution in [3.05, 3.63) is 35.9 Å². The van der Waals surface area contributed by atoms with Crippen LogP contribution >= 0.6 is 0 Å². The van der Waals surface area contributed by atoms with Crippen LogP contribution in [-0.2, 0) is 11.2 Å². The van der Waals surface area contributed by atoms with Gasteiger partial charge in [-0.1, -0.05) is 50.1 Å². The molecule has 0 heterocycles. The molecule has 0 radical (unpaired) electrons. The lowest BCUT2D eigenvalue weighted by Crippen LogP contribution is -2.01. The Kier molecular flexibility index (Phi) is 5.62. The van der Waals surface area contributed by atoms with Gasteiger partial charge in [-0.2, -0.15) is 0 Å². The highest BCUT2D eigenvalue weighted by Gasteiger charge is 2.04. The summed E-state index contributed by atoms with van der Waals surface area (Å²) in [7, 11) is 0. The molecule has 0 spiro atoms. The lowest BCUT2D eigenvalue weighted by molar-refractivity contribution is -0.137. The molecule has 0 amide bonds. The van der Waals surface area contributed by atoms with E-state index in [1.165, 1.54) is 5.56 Å². The molecular weight excluding hydrogens is 200 g/mol. The topological polar surface area (TPSA) is 37.3 Å². The van der Waals surface area contributed by atoms with E-state index in [4.69, 9.17) is 5.11 Å². The van der Waals surface area contributed by atoms with Crippen LogP contribution in [0, 0.1) is 5.92 Å². The number of aliphatic carboxylic acids is 1. The fourth-order valence-electron chi connectivity index (χ4n) is 1.89. The Morgan fingerprint density at radius 2 is 1.94 bits per heavy atom. The van der Waals surface area contributed by atoms with Crippen LogP contribution in [0.25, 0.3) is 0 Å². The van der Waals surface area contributed by atoms with Crippen LogP contribution in [0.3, 0.4) is 0 Å². The van der Waals surface area contributed by atoms with Gasteiger partial charge < -0.3 is 5.11 Å². The van der Waals surface area contributed by atoms with Crippen LogP contribution < -0.4 is 0 Å². The second-order valence-corrected chi connectivity index (χ2v) is 4.43. The minimum absolute atomic E-state index is 0.304. The molecule has 88 valence electrons. The zero-order chi connectivity index (χ0) is 11.8. The van der Waals surface area contributed by atoms with Crippen molar-refractivity contribution in [2.24, 2.45) is 5.92 Å². The molecule has 1 aromatic carbocycles. The summed E-state index contributed by atoms with van der Waals surface area (Å²) in [5.41, 5.74) is 1.37. The monoisotopic (exact) mass is 220 g/mol. The molecule has 0 aliphatic rings. The first-order valence-corrected chi connectivity index (χ1v) is 5.94. The van der Waals surface area contributed by atoms with Crippen molar-refractivity contribution in [1.82, 2.24) is 0 Å². The standard InChI is InChI=1S/C14H20O2/c1-12(7-5-6-10-14(15)16)11-13-8-3-2-4-9-13/h2-4,8-9,12H,5-7,10-11H2,1H3,(H,15,16). The zero-order valence-corrected chi connectivity index (χ0v) is 9.86. The fourth-order valence-corrected chi connectivity index (χ4v) is 1.89. The third kappa shape index (κ3) is 5.54. The van der Waals surface area contributed by atoms with E-state index in [-0.39, 0.29) is 0 Å². The summed E-state index contributed by atoms with van der Waals surface area (Å²) in [6.07, 6.45) is 4.32. The number of hydrogen-bond acceptors (Lipinski definition) is 1. The van der Waals surface area contributed by atoms with Gasteiger partial charge in [-0.3, -0.25) is 4.79 Å². The molecular formula is C14H20O2. The number of carboxylic acid groups (broad SMARTS) is 1. The highest BCUT2D eigenvalue weighted by Crippen LogP contribution is 2.15. The number of carbonyl (C=O) groups is 1. The summed E-state index contributed by atoms with van der Waals surface area (Å²) < 4.78 is 0. The minimum Gasteiger partial charge on any atom is -0.481 e. The maximum Gasteiger partial charge on any atom is 0.303 e. The lowest BCUT2D eigenvalue weighted by atomic mass is 9.95. The van der Waals surface area contributed by atoms with Crippen molar-refractivity contribution in [3.63, 3.8) is 0 Å².